The summed E-state index contributed by atoms with van der Waals surface area (Å²) in [6.45, 7) is 7.98. The minimum atomic E-state index is -0.752. The van der Waals surface area contributed by atoms with E-state index in [0.29, 0.717) is 31.5 Å². The van der Waals surface area contributed by atoms with Crippen molar-refractivity contribution >= 4 is 12.0 Å². The lowest BCUT2D eigenvalue weighted by Crippen LogP contribution is -2.41. The molecule has 0 unspecified atom stereocenters. The van der Waals surface area contributed by atoms with E-state index in [2.05, 4.69) is 11.6 Å². The van der Waals surface area contributed by atoms with Crippen LogP contribution in [0.2, 0.25) is 0 Å². The third kappa shape index (κ3) is 7.03. The van der Waals surface area contributed by atoms with Crippen LogP contribution in [0.25, 0.3) is 0 Å². The lowest BCUT2D eigenvalue weighted by molar-refractivity contribution is 0.0393. The molecule has 7 nitrogen and oxygen atoms in total. The van der Waals surface area contributed by atoms with E-state index in [1.807, 2.05) is 13.8 Å². The number of nitrogens with zero attached hydrogens (tertiary/aromatic N) is 2. The van der Waals surface area contributed by atoms with Crippen LogP contribution in [-0.4, -0.2) is 53.9 Å². The summed E-state index contributed by atoms with van der Waals surface area (Å²) in [5.41, 5.74) is 0.722. The summed E-state index contributed by atoms with van der Waals surface area (Å²) in [5.74, 6) is -1.48. The summed E-state index contributed by atoms with van der Waals surface area (Å²) in [6, 6.07) is 1.97. The number of carbonyl (C=O) groups excluding carboxylic acids is 1. The first kappa shape index (κ1) is 25.7. The van der Waals surface area contributed by atoms with Crippen LogP contribution >= 0.6 is 0 Å². The zero-order valence-corrected chi connectivity index (χ0v) is 19.6. The number of amides is 1. The molecule has 1 aromatic rings. The van der Waals surface area contributed by atoms with Crippen molar-refractivity contribution in [1.82, 2.24) is 4.90 Å². The quantitative estimate of drug-likeness (QED) is 0.315. The molecule has 0 spiro atoms. The fourth-order valence-corrected chi connectivity index (χ4v) is 3.64. The molecule has 9 heteroatoms. The Morgan fingerprint density at radius 1 is 1.24 bits per heavy atom. The Morgan fingerprint density at radius 2 is 1.94 bits per heavy atom. The zero-order chi connectivity index (χ0) is 24.7. The number of piperidine rings is 1. The van der Waals surface area contributed by atoms with Gasteiger partial charge in [-0.25, -0.2) is 18.6 Å². The van der Waals surface area contributed by atoms with Crippen LogP contribution < -0.4 is 4.74 Å². The van der Waals surface area contributed by atoms with Crippen molar-refractivity contribution in [3.05, 3.63) is 53.9 Å². The number of aliphatic hydroxyl groups excluding tert-OH is 1. The number of hydrogen-bond donors (Lipinski definition) is 1. The largest absolute Gasteiger partial charge is 0.497 e. The minimum absolute atomic E-state index is 0.00567. The Balaban J connectivity index is 1.68. The van der Waals surface area contributed by atoms with Crippen molar-refractivity contribution in [2.75, 3.05) is 19.7 Å². The average Bonchev–Trinajstić information content (AvgIpc) is 3.62. The number of aliphatic hydroxyl groups is 1. The summed E-state index contributed by atoms with van der Waals surface area (Å²) in [6.07, 6.45) is 5.36. The summed E-state index contributed by atoms with van der Waals surface area (Å²) >= 11 is 0. The minimum Gasteiger partial charge on any atom is -0.497 e. The third-order valence-electron chi connectivity index (χ3n) is 5.59. The molecule has 1 heterocycles. The smallest absolute Gasteiger partial charge is 0.410 e. The molecule has 0 atom stereocenters. The lowest BCUT2D eigenvalue weighted by atomic mass is 10.1. The highest BCUT2D eigenvalue weighted by molar-refractivity contribution is 5.96. The monoisotopic (exact) mass is 478 g/mol. The van der Waals surface area contributed by atoms with E-state index in [1.54, 1.807) is 11.2 Å². The second kappa shape index (κ2) is 12.0. The average molecular weight is 479 g/mol. The predicted molar refractivity (Wildman–Crippen MR) is 124 cm³/mol. The van der Waals surface area contributed by atoms with Crippen LogP contribution in [0.15, 0.2) is 41.7 Å². The van der Waals surface area contributed by atoms with Crippen molar-refractivity contribution in [3.63, 3.8) is 0 Å². The van der Waals surface area contributed by atoms with E-state index < -0.39 is 11.6 Å². The maximum Gasteiger partial charge on any atom is 0.410 e. The maximum absolute atomic E-state index is 14.5. The van der Waals surface area contributed by atoms with E-state index in [0.717, 1.165) is 25.0 Å². The Morgan fingerprint density at radius 3 is 2.53 bits per heavy atom. The number of ether oxygens (including phenoxy) is 3. The Bertz CT molecular complexity index is 935. The van der Waals surface area contributed by atoms with Gasteiger partial charge in [0, 0.05) is 44.8 Å². The molecule has 1 aromatic carbocycles. The van der Waals surface area contributed by atoms with Crippen molar-refractivity contribution in [2.45, 2.75) is 58.2 Å². The van der Waals surface area contributed by atoms with E-state index in [4.69, 9.17) is 19.3 Å². The van der Waals surface area contributed by atoms with Gasteiger partial charge in [0.25, 0.3) is 0 Å². The molecule has 1 saturated carbocycles. The molecular formula is C25H32F2N2O5. The van der Waals surface area contributed by atoms with Crippen molar-refractivity contribution in [3.8, 4) is 5.75 Å². The molecule has 3 rings (SSSR count). The number of rotatable bonds is 9. The molecule has 2 aliphatic rings. The van der Waals surface area contributed by atoms with Crippen LogP contribution in [-0.2, 0) is 15.9 Å². The van der Waals surface area contributed by atoms with Crippen LogP contribution in [0.5, 0.6) is 5.75 Å². The van der Waals surface area contributed by atoms with Crippen molar-refractivity contribution < 1.29 is 32.9 Å². The Kier molecular flexibility index (Phi) is 9.04. The summed E-state index contributed by atoms with van der Waals surface area (Å²) in [5, 5.41) is 9.01. The third-order valence-corrected chi connectivity index (χ3v) is 5.59. The second-order valence-corrected chi connectivity index (χ2v) is 8.67. The van der Waals surface area contributed by atoms with E-state index in [1.165, 1.54) is 6.20 Å². The first-order valence-corrected chi connectivity index (χ1v) is 11.6. The zero-order valence-electron chi connectivity index (χ0n) is 19.6. The first-order valence-electron chi connectivity index (χ1n) is 11.6. The summed E-state index contributed by atoms with van der Waals surface area (Å²) in [7, 11) is 0. The van der Waals surface area contributed by atoms with Gasteiger partial charge in [-0.2, -0.15) is 0 Å². The fourth-order valence-electron chi connectivity index (χ4n) is 3.64. The van der Waals surface area contributed by atoms with Crippen LogP contribution in [0.4, 0.5) is 13.6 Å². The number of carbonyl (C=O) groups is 1. The Labute approximate surface area is 198 Å². The number of aliphatic imine (C=N–C) groups is 1. The summed E-state index contributed by atoms with van der Waals surface area (Å²) < 4.78 is 45.7. The van der Waals surface area contributed by atoms with E-state index in [9.17, 15) is 13.6 Å². The number of hydrogen-bond acceptors (Lipinski definition) is 6. The Hall–Kier alpha value is -2.94. The van der Waals surface area contributed by atoms with Gasteiger partial charge in [-0.1, -0.05) is 6.58 Å². The van der Waals surface area contributed by atoms with Gasteiger partial charge in [-0.3, -0.25) is 0 Å². The highest BCUT2D eigenvalue weighted by Gasteiger charge is 2.32. The van der Waals surface area contributed by atoms with Crippen LogP contribution in [0.1, 0.15) is 45.1 Å². The molecular weight excluding hydrogens is 446 g/mol. The molecule has 1 N–H and O–H groups in total. The molecule has 186 valence electrons. The van der Waals surface area contributed by atoms with Crippen LogP contribution in [0.3, 0.4) is 0 Å². The van der Waals surface area contributed by atoms with Gasteiger partial charge < -0.3 is 24.2 Å². The highest BCUT2D eigenvalue weighted by atomic mass is 19.1. The molecule has 1 amide bonds. The lowest BCUT2D eigenvalue weighted by Gasteiger charge is -2.31. The van der Waals surface area contributed by atoms with Gasteiger partial charge in [0.15, 0.2) is 11.6 Å². The molecule has 0 aromatic heterocycles. The van der Waals surface area contributed by atoms with Gasteiger partial charge in [-0.15, -0.1) is 0 Å². The van der Waals surface area contributed by atoms with Gasteiger partial charge in [0.05, 0.1) is 17.9 Å². The van der Waals surface area contributed by atoms with Gasteiger partial charge in [0.2, 0.25) is 5.90 Å². The summed E-state index contributed by atoms with van der Waals surface area (Å²) in [4.78, 5) is 17.9. The molecule has 34 heavy (non-hydrogen) atoms. The number of halogens is 2. The topological polar surface area (TPSA) is 80.6 Å². The molecule has 1 aliphatic heterocycles. The van der Waals surface area contributed by atoms with E-state index >= 15 is 0 Å². The molecule has 0 bridgehead atoms. The van der Waals surface area contributed by atoms with Crippen LogP contribution in [0, 0.1) is 17.6 Å². The molecule has 2 fully saturated rings. The normalized spacial score (nSPS) is 17.6. The van der Waals surface area contributed by atoms with E-state index in [-0.39, 0.29) is 54.5 Å². The van der Waals surface area contributed by atoms with Crippen molar-refractivity contribution in [2.24, 2.45) is 10.9 Å². The predicted octanol–water partition coefficient (Wildman–Crippen LogP) is 4.74. The fraction of sp³-hybridized carbons (Fsp3) is 0.520. The van der Waals surface area contributed by atoms with Crippen molar-refractivity contribution in [1.29, 1.82) is 0 Å². The second-order valence-electron chi connectivity index (χ2n) is 8.67. The van der Waals surface area contributed by atoms with Gasteiger partial charge >= 0.3 is 6.09 Å². The SMILES string of the molecule is C=CN=C(Oc1cc(F)c(CCO)cc1F)/C(=C/OC1CCN(C(=O)OC(C)C)CC1)C1CC1. The van der Waals surface area contributed by atoms with Gasteiger partial charge in [-0.05, 0) is 50.7 Å². The standard InChI is InChI=1S/C25H32F2N2O5/c1-4-28-24(34-23-14-21(26)18(9-12-30)13-22(23)27)20(17-5-6-17)15-32-19-7-10-29(11-8-19)25(31)33-16(2)3/h4,13-17,19,30H,1,5-12H2,2-3H3/b20-15+,28-24?. The highest BCUT2D eigenvalue weighted by Crippen LogP contribution is 2.38. The maximum atomic E-state index is 14.5. The molecule has 0 radical (unpaired) electrons. The number of benzene rings is 1. The van der Waals surface area contributed by atoms with Gasteiger partial charge in [0.1, 0.15) is 11.9 Å². The number of likely N-dealkylation sites (tertiary alicyclic amines) is 1. The molecule has 1 aliphatic carbocycles. The molecule has 1 saturated heterocycles. The first-order chi connectivity index (χ1) is 16.3.